The SMILES string of the molecule is Nc1ccc(C(=O)OCC(=O)NCc2cccnc2)cc1. The summed E-state index contributed by atoms with van der Waals surface area (Å²) in [5.41, 5.74) is 7.30. The highest BCUT2D eigenvalue weighted by Crippen LogP contribution is 2.06. The first-order valence-electron chi connectivity index (χ1n) is 6.33. The third-order valence-corrected chi connectivity index (χ3v) is 2.69. The first-order chi connectivity index (χ1) is 10.1. The molecule has 0 fully saturated rings. The van der Waals surface area contributed by atoms with Crippen LogP contribution in [0.3, 0.4) is 0 Å². The van der Waals surface area contributed by atoms with Crippen molar-refractivity contribution in [3.63, 3.8) is 0 Å². The minimum absolute atomic E-state index is 0.330. The lowest BCUT2D eigenvalue weighted by atomic mass is 10.2. The molecule has 0 atom stereocenters. The maximum absolute atomic E-state index is 11.7. The predicted molar refractivity (Wildman–Crippen MR) is 77.2 cm³/mol. The number of rotatable bonds is 5. The number of ether oxygens (including phenoxy) is 1. The van der Waals surface area contributed by atoms with E-state index in [0.29, 0.717) is 17.8 Å². The summed E-state index contributed by atoms with van der Waals surface area (Å²) in [5.74, 6) is -0.936. The molecule has 0 bridgehead atoms. The second-order valence-corrected chi connectivity index (χ2v) is 4.34. The lowest BCUT2D eigenvalue weighted by Crippen LogP contribution is -2.28. The second-order valence-electron chi connectivity index (χ2n) is 4.34. The van der Waals surface area contributed by atoms with E-state index in [1.807, 2.05) is 6.07 Å². The molecule has 1 heterocycles. The number of esters is 1. The molecule has 2 rings (SSSR count). The Balaban J connectivity index is 1.76. The summed E-state index contributed by atoms with van der Waals surface area (Å²) in [6, 6.07) is 9.91. The van der Waals surface area contributed by atoms with Crippen molar-refractivity contribution in [2.75, 3.05) is 12.3 Å². The van der Waals surface area contributed by atoms with Gasteiger partial charge in [-0.3, -0.25) is 9.78 Å². The van der Waals surface area contributed by atoms with Crippen LogP contribution in [0, 0.1) is 0 Å². The smallest absolute Gasteiger partial charge is 0.338 e. The molecule has 2 aromatic rings. The average Bonchev–Trinajstić information content (AvgIpc) is 2.52. The van der Waals surface area contributed by atoms with Crippen LogP contribution in [-0.4, -0.2) is 23.5 Å². The molecular weight excluding hydrogens is 270 g/mol. The van der Waals surface area contributed by atoms with E-state index in [1.54, 1.807) is 42.7 Å². The van der Waals surface area contributed by atoms with Gasteiger partial charge in [0, 0.05) is 24.6 Å². The van der Waals surface area contributed by atoms with E-state index in [9.17, 15) is 9.59 Å². The number of nitrogens with two attached hydrogens (primary N) is 1. The molecule has 0 saturated carbocycles. The average molecular weight is 285 g/mol. The number of nitrogens with one attached hydrogen (secondary N) is 1. The molecule has 6 heteroatoms. The Morgan fingerprint density at radius 3 is 2.62 bits per heavy atom. The molecule has 0 saturated heterocycles. The van der Waals surface area contributed by atoms with Gasteiger partial charge in [0.15, 0.2) is 6.61 Å². The molecular formula is C15H15N3O3. The van der Waals surface area contributed by atoms with Gasteiger partial charge >= 0.3 is 5.97 Å². The molecule has 0 aliphatic rings. The Morgan fingerprint density at radius 1 is 1.19 bits per heavy atom. The van der Waals surface area contributed by atoms with E-state index >= 15 is 0 Å². The number of nitrogen functional groups attached to an aromatic ring is 1. The Labute approximate surface area is 121 Å². The maximum atomic E-state index is 11.7. The van der Waals surface area contributed by atoms with Crippen LogP contribution in [0.2, 0.25) is 0 Å². The zero-order valence-corrected chi connectivity index (χ0v) is 11.3. The van der Waals surface area contributed by atoms with Gasteiger partial charge in [0.2, 0.25) is 0 Å². The lowest BCUT2D eigenvalue weighted by molar-refractivity contribution is -0.124. The number of hydrogen-bond donors (Lipinski definition) is 2. The summed E-state index contributed by atoms with van der Waals surface area (Å²) in [4.78, 5) is 27.2. The van der Waals surface area contributed by atoms with Gasteiger partial charge < -0.3 is 15.8 Å². The van der Waals surface area contributed by atoms with Crippen LogP contribution in [0.15, 0.2) is 48.8 Å². The fraction of sp³-hybridized carbons (Fsp3) is 0.133. The zero-order valence-electron chi connectivity index (χ0n) is 11.3. The van der Waals surface area contributed by atoms with Crippen molar-refractivity contribution in [2.24, 2.45) is 0 Å². The Kier molecular flexibility index (Phi) is 4.87. The molecule has 3 N–H and O–H groups in total. The molecule has 1 aromatic heterocycles. The topological polar surface area (TPSA) is 94.3 Å². The van der Waals surface area contributed by atoms with Gasteiger partial charge in [-0.15, -0.1) is 0 Å². The van der Waals surface area contributed by atoms with Crippen molar-refractivity contribution in [3.8, 4) is 0 Å². The number of pyridine rings is 1. The summed E-state index contributed by atoms with van der Waals surface area (Å²) in [6.45, 7) is 0.00949. The minimum atomic E-state index is -0.563. The van der Waals surface area contributed by atoms with E-state index in [-0.39, 0.29) is 12.5 Å². The van der Waals surface area contributed by atoms with Crippen LogP contribution in [0.4, 0.5) is 5.69 Å². The van der Waals surface area contributed by atoms with Gasteiger partial charge in [-0.2, -0.15) is 0 Å². The highest BCUT2D eigenvalue weighted by molar-refractivity contribution is 5.91. The second kappa shape index (κ2) is 7.04. The zero-order chi connectivity index (χ0) is 15.1. The molecule has 1 aromatic carbocycles. The number of nitrogens with zero attached hydrogens (tertiary/aromatic N) is 1. The summed E-state index contributed by atoms with van der Waals surface area (Å²) >= 11 is 0. The Hall–Kier alpha value is -2.89. The normalized spacial score (nSPS) is 9.90. The fourth-order valence-electron chi connectivity index (χ4n) is 1.59. The van der Waals surface area contributed by atoms with Crippen molar-refractivity contribution in [3.05, 3.63) is 59.9 Å². The molecule has 108 valence electrons. The minimum Gasteiger partial charge on any atom is -0.452 e. The third kappa shape index (κ3) is 4.61. The van der Waals surface area contributed by atoms with Crippen LogP contribution in [0.5, 0.6) is 0 Å². The molecule has 0 aliphatic carbocycles. The highest BCUT2D eigenvalue weighted by atomic mass is 16.5. The van der Waals surface area contributed by atoms with Crippen LogP contribution in [0.1, 0.15) is 15.9 Å². The van der Waals surface area contributed by atoms with Crippen LogP contribution in [0.25, 0.3) is 0 Å². The molecule has 0 spiro atoms. The van der Waals surface area contributed by atoms with Crippen molar-refractivity contribution in [1.29, 1.82) is 0 Å². The summed E-state index contributed by atoms with van der Waals surface area (Å²) in [5, 5.41) is 2.64. The number of hydrogen-bond acceptors (Lipinski definition) is 5. The molecule has 1 amide bonds. The van der Waals surface area contributed by atoms with Gasteiger partial charge in [0.25, 0.3) is 5.91 Å². The number of anilines is 1. The quantitative estimate of drug-likeness (QED) is 0.634. The van der Waals surface area contributed by atoms with Crippen molar-refractivity contribution < 1.29 is 14.3 Å². The molecule has 21 heavy (non-hydrogen) atoms. The third-order valence-electron chi connectivity index (χ3n) is 2.69. The molecule has 6 nitrogen and oxygen atoms in total. The largest absolute Gasteiger partial charge is 0.452 e. The van der Waals surface area contributed by atoms with Crippen molar-refractivity contribution >= 4 is 17.6 Å². The number of benzene rings is 1. The van der Waals surface area contributed by atoms with Gasteiger partial charge in [0.05, 0.1) is 5.56 Å². The van der Waals surface area contributed by atoms with E-state index < -0.39 is 5.97 Å². The van der Waals surface area contributed by atoms with E-state index in [0.717, 1.165) is 5.56 Å². The predicted octanol–water partition coefficient (Wildman–Crippen LogP) is 1.14. The first kappa shape index (κ1) is 14.5. The monoisotopic (exact) mass is 285 g/mol. The summed E-state index contributed by atoms with van der Waals surface area (Å²) in [6.07, 6.45) is 3.31. The first-order valence-corrected chi connectivity index (χ1v) is 6.33. The van der Waals surface area contributed by atoms with Gasteiger partial charge in [-0.25, -0.2) is 4.79 Å². The maximum Gasteiger partial charge on any atom is 0.338 e. The van der Waals surface area contributed by atoms with Crippen molar-refractivity contribution in [2.45, 2.75) is 6.54 Å². The van der Waals surface area contributed by atoms with E-state index in [2.05, 4.69) is 10.3 Å². The Morgan fingerprint density at radius 2 is 1.95 bits per heavy atom. The van der Waals surface area contributed by atoms with E-state index in [4.69, 9.17) is 10.5 Å². The molecule has 0 unspecified atom stereocenters. The molecule has 0 aliphatic heterocycles. The van der Waals surface area contributed by atoms with Gasteiger partial charge in [-0.1, -0.05) is 6.07 Å². The Bertz CT molecular complexity index is 612. The van der Waals surface area contributed by atoms with Gasteiger partial charge in [0.1, 0.15) is 0 Å². The van der Waals surface area contributed by atoms with Crippen LogP contribution in [-0.2, 0) is 16.1 Å². The highest BCUT2D eigenvalue weighted by Gasteiger charge is 2.09. The van der Waals surface area contributed by atoms with Crippen molar-refractivity contribution in [1.82, 2.24) is 10.3 Å². The molecule has 0 radical (unpaired) electrons. The summed E-state index contributed by atoms with van der Waals surface area (Å²) < 4.78 is 4.91. The number of carbonyl (C=O) groups is 2. The lowest BCUT2D eigenvalue weighted by Gasteiger charge is -2.06. The number of amides is 1. The summed E-state index contributed by atoms with van der Waals surface area (Å²) in [7, 11) is 0. The van der Waals surface area contributed by atoms with Crippen LogP contribution >= 0.6 is 0 Å². The fourth-order valence-corrected chi connectivity index (χ4v) is 1.59. The van der Waals surface area contributed by atoms with E-state index in [1.165, 1.54) is 0 Å². The van der Waals surface area contributed by atoms with Crippen LogP contribution < -0.4 is 11.1 Å². The number of aromatic nitrogens is 1. The number of carbonyl (C=O) groups excluding carboxylic acids is 2. The van der Waals surface area contributed by atoms with Gasteiger partial charge in [-0.05, 0) is 35.9 Å². The standard InChI is InChI=1S/C15H15N3O3/c16-13-5-3-12(4-6-13)15(20)21-10-14(19)18-9-11-2-1-7-17-8-11/h1-8H,9-10,16H2,(H,18,19).